The molecular weight excluding hydrogens is 926 g/mol. The van der Waals surface area contributed by atoms with Crippen molar-refractivity contribution in [1.82, 2.24) is 0 Å². The van der Waals surface area contributed by atoms with E-state index in [2.05, 4.69) is 197 Å². The van der Waals surface area contributed by atoms with Gasteiger partial charge in [0.15, 0.2) is 0 Å². The second-order valence-corrected chi connectivity index (χ2v) is 50.6. The fraction of sp³-hybridized carbons (Fsp3) is 0.259. The number of fused-ring (bicyclic) bond motifs is 5. The summed E-state index contributed by atoms with van der Waals surface area (Å²) in [5, 5.41) is 2.95. The van der Waals surface area contributed by atoms with Crippen molar-refractivity contribution in [3.05, 3.63) is 171 Å². The first-order valence-electron chi connectivity index (χ1n) is 21.0. The van der Waals surface area contributed by atoms with Crippen molar-refractivity contribution in [2.75, 3.05) is 0 Å². The molecule has 1 aliphatic heterocycles. The van der Waals surface area contributed by atoms with Crippen molar-refractivity contribution >= 4 is 52.5 Å². The minimum atomic E-state index is -5.93. The monoisotopic (exact) mass is 981 g/mol. The third kappa shape index (κ3) is 5.90. The van der Waals surface area contributed by atoms with Crippen LogP contribution in [-0.2, 0) is 16.1 Å². The van der Waals surface area contributed by atoms with Gasteiger partial charge in [-0.25, -0.2) is 0 Å². The molecule has 9 rings (SSSR count). The van der Waals surface area contributed by atoms with E-state index in [1.54, 1.807) is 0 Å². The van der Waals surface area contributed by atoms with E-state index >= 15 is 0 Å². The maximum atomic E-state index is 9.45. The number of halogens is 2. The molecule has 6 aromatic rings. The van der Waals surface area contributed by atoms with Gasteiger partial charge in [-0.1, -0.05) is 0 Å². The predicted octanol–water partition coefficient (Wildman–Crippen LogP) is 13.3. The molecule has 2 aliphatic carbocycles. The number of rotatable bonds is 5. The minimum absolute atomic E-state index is 0.143. The Bertz CT molecular complexity index is 2630. The molecule has 0 aromatic heterocycles. The van der Waals surface area contributed by atoms with Crippen molar-refractivity contribution < 1.29 is 16.1 Å². The summed E-state index contributed by atoms with van der Waals surface area (Å²) in [6.45, 7) is 23.2. The van der Waals surface area contributed by atoms with E-state index in [1.165, 1.54) is 103 Å². The Morgan fingerprint density at radius 1 is 0.466 bits per heavy atom. The van der Waals surface area contributed by atoms with Crippen molar-refractivity contribution in [3.8, 4) is 33.4 Å². The zero-order chi connectivity index (χ0) is 41.1. The molecule has 0 N–H and O–H groups in total. The Morgan fingerprint density at radius 2 is 0.879 bits per heavy atom. The van der Waals surface area contributed by atoms with E-state index in [0.717, 1.165) is 0 Å². The third-order valence-corrected chi connectivity index (χ3v) is 45.4. The molecule has 3 aliphatic rings. The third-order valence-electron chi connectivity index (χ3n) is 14.1. The predicted molar refractivity (Wildman–Crippen MR) is 254 cm³/mol. The first-order valence-corrected chi connectivity index (χ1v) is 37.3. The first kappa shape index (κ1) is 39.9. The molecule has 1 heterocycles. The Labute approximate surface area is 357 Å². The van der Waals surface area contributed by atoms with Gasteiger partial charge >= 0.3 is 360 Å². The van der Waals surface area contributed by atoms with Crippen LogP contribution in [0.3, 0.4) is 0 Å². The normalized spacial score (nSPS) is 18.2. The van der Waals surface area contributed by atoms with Crippen molar-refractivity contribution in [2.24, 2.45) is 10.8 Å². The summed E-state index contributed by atoms with van der Waals surface area (Å²) in [5.41, 5.74) is 20.5. The molecule has 0 radical (unpaired) electrons. The summed E-state index contributed by atoms with van der Waals surface area (Å²) < 4.78 is 1.00. The first-order chi connectivity index (χ1) is 27.4. The number of allylic oxidation sites excluding steroid dienone is 2. The van der Waals surface area contributed by atoms with Crippen LogP contribution in [0.4, 0.5) is 0 Å². The Balaban J connectivity index is 1.42. The number of hydrogen-bond donors (Lipinski definition) is 0. The zero-order valence-corrected chi connectivity index (χ0v) is 42.3. The molecule has 0 amide bonds. The average Bonchev–Trinajstić information content (AvgIpc) is 3.90. The van der Waals surface area contributed by atoms with Gasteiger partial charge in [-0.05, 0) is 0 Å². The topological polar surface area (TPSA) is 0 Å². The molecule has 0 spiro atoms. The van der Waals surface area contributed by atoms with Gasteiger partial charge < -0.3 is 0 Å². The standard InChI is InChI=1S/2C21H23.C12H9Si.2ClH.Hf/c2*1-14-8-6-10-18(15(14)2)19-11-7-9-16-12-17(13-20(16)19)21(3,4)5;1-3-7-11-9(5-1)10-6-2-4-8-12(10)13-11;;;/h2*6-13H,1-5H3;1-7H,13H2;2*1H;/q;;;;;+2/p-2. The summed E-state index contributed by atoms with van der Waals surface area (Å²) in [7, 11) is 18.0. The van der Waals surface area contributed by atoms with Gasteiger partial charge in [-0.3, -0.25) is 0 Å². The summed E-state index contributed by atoms with van der Waals surface area (Å²) in [6, 6.07) is 43.4. The zero-order valence-electron chi connectivity index (χ0n) is 35.7. The second kappa shape index (κ2) is 13.7. The van der Waals surface area contributed by atoms with Crippen LogP contribution in [0.5, 0.6) is 0 Å². The molecule has 4 heteroatoms. The maximum absolute atomic E-state index is 9.45. The molecule has 0 saturated heterocycles. The van der Waals surface area contributed by atoms with E-state index in [-0.39, 0.29) is 18.2 Å². The van der Waals surface area contributed by atoms with Crippen molar-refractivity contribution in [2.45, 2.75) is 76.6 Å². The van der Waals surface area contributed by atoms with Crippen LogP contribution in [0, 0.1) is 38.5 Å². The molecule has 0 saturated carbocycles. The summed E-state index contributed by atoms with van der Waals surface area (Å²) >= 11 is -5.93. The molecule has 0 bridgehead atoms. The van der Waals surface area contributed by atoms with Crippen LogP contribution in [0.2, 0.25) is 0 Å². The van der Waals surface area contributed by atoms with E-state index in [1.807, 2.05) is 0 Å². The van der Waals surface area contributed by atoms with Crippen LogP contribution in [-0.4, -0.2) is 9.52 Å². The van der Waals surface area contributed by atoms with Gasteiger partial charge in [-0.15, -0.1) is 0 Å². The molecule has 6 aromatic carbocycles. The van der Waals surface area contributed by atoms with E-state index in [0.29, 0.717) is 0 Å². The van der Waals surface area contributed by atoms with Gasteiger partial charge in [0.1, 0.15) is 0 Å². The van der Waals surface area contributed by atoms with Gasteiger partial charge in [-0.2, -0.15) is 0 Å². The van der Waals surface area contributed by atoms with Gasteiger partial charge in [0, 0.05) is 0 Å². The quantitative estimate of drug-likeness (QED) is 0.151. The van der Waals surface area contributed by atoms with E-state index < -0.39 is 25.7 Å². The summed E-state index contributed by atoms with van der Waals surface area (Å²) in [5.74, 6) is 0. The Kier molecular flexibility index (Phi) is 9.46. The second-order valence-electron chi connectivity index (χ2n) is 19.5. The summed E-state index contributed by atoms with van der Waals surface area (Å²) in [6.07, 6.45) is 5.05. The van der Waals surface area contributed by atoms with E-state index in [9.17, 15) is 17.2 Å². The Hall–Kier alpha value is -3.53. The number of hydrogen-bond acceptors (Lipinski definition) is 0. The fourth-order valence-corrected chi connectivity index (χ4v) is 50.5. The summed E-state index contributed by atoms with van der Waals surface area (Å²) in [4.78, 5) is 0. The van der Waals surface area contributed by atoms with E-state index in [4.69, 9.17) is 0 Å². The van der Waals surface area contributed by atoms with Crippen molar-refractivity contribution in [3.63, 3.8) is 0 Å². The van der Waals surface area contributed by atoms with Gasteiger partial charge in [0.25, 0.3) is 0 Å². The van der Waals surface area contributed by atoms with Crippen LogP contribution >= 0.6 is 17.2 Å². The molecular formula is C54H55Cl2HfSi. The molecule has 293 valence electrons. The van der Waals surface area contributed by atoms with Gasteiger partial charge in [0.05, 0.1) is 0 Å². The van der Waals surface area contributed by atoms with Gasteiger partial charge in [0.2, 0.25) is 0 Å². The van der Waals surface area contributed by atoms with Crippen LogP contribution in [0.15, 0.2) is 126 Å². The Morgan fingerprint density at radius 3 is 1.38 bits per heavy atom. The van der Waals surface area contributed by atoms with Crippen LogP contribution < -0.4 is 13.7 Å². The average molecular weight is 982 g/mol. The number of benzene rings is 6. The van der Waals surface area contributed by atoms with Crippen molar-refractivity contribution in [1.29, 1.82) is 0 Å². The molecule has 0 fully saturated rings. The van der Waals surface area contributed by atoms with Crippen LogP contribution in [0.1, 0.15) is 93.4 Å². The fourth-order valence-electron chi connectivity index (χ4n) is 10.9. The van der Waals surface area contributed by atoms with Crippen LogP contribution in [0.25, 0.3) is 45.5 Å². The molecule has 2 atom stereocenters. The molecule has 2 unspecified atom stereocenters. The number of aryl methyl sites for hydroxylation is 2. The molecule has 0 nitrogen and oxygen atoms in total. The SMILES string of the molecule is Cc1cccc(-c2cccc3c2C=C(C(C)(C)C)[CH]3[Hf]([Cl])([Cl])([c]2cccc3c2[SiH2]c2ccccc2-3)[CH]2C(C(C)(C)C)=Cc3c(-c4cccc(C)c4C)cccc32)c1C. The molecule has 58 heavy (non-hydrogen) atoms.